The quantitative estimate of drug-likeness (QED) is 0.725. The van der Waals surface area contributed by atoms with Gasteiger partial charge in [0, 0.05) is 10.4 Å². The highest BCUT2D eigenvalue weighted by atomic mass is 32.1. The average molecular weight is 210 g/mol. The zero-order valence-electron chi connectivity index (χ0n) is 7.77. The molecule has 70 valence electrons. The number of hydrogen-bond donors (Lipinski definition) is 0. The maximum atomic E-state index is 8.95. The Morgan fingerprint density at radius 1 is 1.07 bits per heavy atom. The van der Waals surface area contributed by atoms with Crippen molar-refractivity contribution in [2.75, 3.05) is 0 Å². The maximum absolute atomic E-state index is 8.95. The highest BCUT2D eigenvalue weighted by Gasteiger charge is 2.06. The van der Waals surface area contributed by atoms with Crippen LogP contribution in [-0.4, -0.2) is 0 Å². The molecule has 0 saturated heterocycles. The van der Waals surface area contributed by atoms with Crippen LogP contribution in [0, 0.1) is 22.7 Å². The van der Waals surface area contributed by atoms with Crippen LogP contribution < -0.4 is 0 Å². The summed E-state index contributed by atoms with van der Waals surface area (Å²) < 4.78 is 0. The number of thiophene rings is 1. The van der Waals surface area contributed by atoms with Crippen molar-refractivity contribution in [1.82, 2.24) is 0 Å². The van der Waals surface area contributed by atoms with Gasteiger partial charge in [-0.05, 0) is 29.6 Å². The molecule has 0 aliphatic carbocycles. The van der Waals surface area contributed by atoms with Gasteiger partial charge in [-0.15, -0.1) is 11.3 Å². The third-order valence-corrected chi connectivity index (χ3v) is 2.96. The molecule has 0 fully saturated rings. The Kier molecular flexibility index (Phi) is 2.49. The Bertz CT molecular complexity index is 556. The van der Waals surface area contributed by atoms with Crippen LogP contribution in [0.1, 0.15) is 11.1 Å². The van der Waals surface area contributed by atoms with E-state index in [2.05, 4.69) is 12.1 Å². The first-order chi connectivity index (χ1) is 7.35. The summed E-state index contributed by atoms with van der Waals surface area (Å²) in [5.41, 5.74) is 2.03. The Labute approximate surface area is 91.6 Å². The number of hydrogen-bond acceptors (Lipinski definition) is 3. The average Bonchev–Trinajstić information content (AvgIpc) is 2.81. The van der Waals surface area contributed by atoms with E-state index in [1.165, 1.54) is 0 Å². The van der Waals surface area contributed by atoms with Crippen molar-refractivity contribution in [2.45, 2.75) is 0 Å². The lowest BCUT2D eigenvalue weighted by atomic mass is 10.0. The molecular formula is C12H6N2S. The first-order valence-electron chi connectivity index (χ1n) is 4.33. The molecular weight excluding hydrogens is 204 g/mol. The van der Waals surface area contributed by atoms with E-state index < -0.39 is 0 Å². The standard InChI is InChI=1S/C12H6N2S/c13-7-9-3-4-10(8-14)11(6-9)12-2-1-5-15-12/h1-6H. The van der Waals surface area contributed by atoms with Gasteiger partial charge in [-0.2, -0.15) is 10.5 Å². The van der Waals surface area contributed by atoms with Crippen LogP contribution in [0.2, 0.25) is 0 Å². The lowest BCUT2D eigenvalue weighted by Gasteiger charge is -2.00. The molecule has 0 aliphatic heterocycles. The SMILES string of the molecule is N#Cc1ccc(C#N)c(-c2cccs2)c1. The molecule has 2 nitrogen and oxygen atoms in total. The molecule has 2 aromatic rings. The summed E-state index contributed by atoms with van der Waals surface area (Å²) in [6, 6.07) is 13.2. The number of rotatable bonds is 1. The van der Waals surface area contributed by atoms with Gasteiger partial charge in [-0.1, -0.05) is 6.07 Å². The van der Waals surface area contributed by atoms with Crippen LogP contribution in [0.15, 0.2) is 35.7 Å². The third-order valence-electron chi connectivity index (χ3n) is 2.06. The first kappa shape index (κ1) is 9.45. The van der Waals surface area contributed by atoms with Gasteiger partial charge in [0.2, 0.25) is 0 Å². The molecule has 1 heterocycles. The number of benzene rings is 1. The maximum Gasteiger partial charge on any atom is 0.0998 e. The molecule has 0 spiro atoms. The summed E-state index contributed by atoms with van der Waals surface area (Å²) >= 11 is 1.56. The summed E-state index contributed by atoms with van der Waals surface area (Å²) in [6.07, 6.45) is 0. The van der Waals surface area contributed by atoms with Crippen molar-refractivity contribution >= 4 is 11.3 Å². The van der Waals surface area contributed by atoms with E-state index in [0.29, 0.717) is 11.1 Å². The van der Waals surface area contributed by atoms with E-state index in [-0.39, 0.29) is 0 Å². The second-order valence-electron chi connectivity index (χ2n) is 2.96. The Morgan fingerprint density at radius 3 is 2.53 bits per heavy atom. The van der Waals surface area contributed by atoms with Crippen LogP contribution in [0.5, 0.6) is 0 Å². The lowest BCUT2D eigenvalue weighted by molar-refractivity contribution is 1.45. The van der Waals surface area contributed by atoms with E-state index in [9.17, 15) is 0 Å². The molecule has 0 unspecified atom stereocenters. The molecule has 0 atom stereocenters. The van der Waals surface area contributed by atoms with E-state index in [1.807, 2.05) is 17.5 Å². The lowest BCUT2D eigenvalue weighted by Crippen LogP contribution is -1.83. The highest BCUT2D eigenvalue weighted by Crippen LogP contribution is 2.28. The minimum atomic E-state index is 0.581. The van der Waals surface area contributed by atoms with Gasteiger partial charge in [0.1, 0.15) is 0 Å². The molecule has 0 aliphatic rings. The molecule has 0 radical (unpaired) electrons. The zero-order valence-corrected chi connectivity index (χ0v) is 8.58. The molecule has 3 heteroatoms. The zero-order chi connectivity index (χ0) is 10.7. The van der Waals surface area contributed by atoms with E-state index in [4.69, 9.17) is 10.5 Å². The molecule has 0 amide bonds. The van der Waals surface area contributed by atoms with Crippen molar-refractivity contribution in [1.29, 1.82) is 10.5 Å². The van der Waals surface area contributed by atoms with Gasteiger partial charge < -0.3 is 0 Å². The summed E-state index contributed by atoms with van der Waals surface area (Å²) in [5, 5.41) is 19.7. The van der Waals surface area contributed by atoms with Crippen LogP contribution in [0.25, 0.3) is 10.4 Å². The monoisotopic (exact) mass is 210 g/mol. The van der Waals surface area contributed by atoms with Gasteiger partial charge in [-0.3, -0.25) is 0 Å². The van der Waals surface area contributed by atoms with Gasteiger partial charge in [0.25, 0.3) is 0 Å². The van der Waals surface area contributed by atoms with E-state index >= 15 is 0 Å². The predicted molar refractivity (Wildman–Crippen MR) is 59.2 cm³/mol. The Hall–Kier alpha value is -2.10. The first-order valence-corrected chi connectivity index (χ1v) is 5.21. The van der Waals surface area contributed by atoms with E-state index in [0.717, 1.165) is 10.4 Å². The summed E-state index contributed by atoms with van der Waals surface area (Å²) in [7, 11) is 0. The van der Waals surface area contributed by atoms with E-state index in [1.54, 1.807) is 29.5 Å². The predicted octanol–water partition coefficient (Wildman–Crippen LogP) is 3.16. The molecule has 0 N–H and O–H groups in total. The smallest absolute Gasteiger partial charge is 0.0998 e. The second-order valence-corrected chi connectivity index (χ2v) is 3.91. The molecule has 0 saturated carbocycles. The summed E-state index contributed by atoms with van der Waals surface area (Å²) in [6.45, 7) is 0. The largest absolute Gasteiger partial charge is 0.192 e. The topological polar surface area (TPSA) is 47.6 Å². The van der Waals surface area contributed by atoms with Crippen molar-refractivity contribution < 1.29 is 0 Å². The highest BCUT2D eigenvalue weighted by molar-refractivity contribution is 7.13. The minimum Gasteiger partial charge on any atom is -0.192 e. The normalized spacial score (nSPS) is 9.20. The van der Waals surface area contributed by atoms with Crippen molar-refractivity contribution in [3.8, 4) is 22.6 Å². The molecule has 0 bridgehead atoms. The van der Waals surface area contributed by atoms with Gasteiger partial charge >= 0.3 is 0 Å². The molecule has 1 aromatic heterocycles. The molecule has 2 rings (SSSR count). The second kappa shape index (κ2) is 3.96. The fourth-order valence-corrected chi connectivity index (χ4v) is 2.10. The summed E-state index contributed by atoms with van der Waals surface area (Å²) in [4.78, 5) is 1.02. The van der Waals surface area contributed by atoms with Crippen LogP contribution in [0.3, 0.4) is 0 Å². The fourth-order valence-electron chi connectivity index (χ4n) is 1.35. The Balaban J connectivity index is 2.65. The van der Waals surface area contributed by atoms with Crippen molar-refractivity contribution in [2.24, 2.45) is 0 Å². The van der Waals surface area contributed by atoms with Crippen LogP contribution in [-0.2, 0) is 0 Å². The summed E-state index contributed by atoms with van der Waals surface area (Å²) in [5.74, 6) is 0. The Morgan fingerprint density at radius 2 is 1.93 bits per heavy atom. The van der Waals surface area contributed by atoms with Crippen LogP contribution in [0.4, 0.5) is 0 Å². The number of nitriles is 2. The molecule has 15 heavy (non-hydrogen) atoms. The van der Waals surface area contributed by atoms with Gasteiger partial charge in [0.05, 0.1) is 23.3 Å². The minimum absolute atomic E-state index is 0.581. The van der Waals surface area contributed by atoms with Gasteiger partial charge in [0.15, 0.2) is 0 Å². The fraction of sp³-hybridized carbons (Fsp3) is 0. The van der Waals surface area contributed by atoms with Crippen molar-refractivity contribution in [3.63, 3.8) is 0 Å². The number of nitrogens with zero attached hydrogens (tertiary/aromatic N) is 2. The van der Waals surface area contributed by atoms with Gasteiger partial charge in [-0.25, -0.2) is 0 Å². The third kappa shape index (κ3) is 1.74. The van der Waals surface area contributed by atoms with Crippen LogP contribution >= 0.6 is 11.3 Å². The van der Waals surface area contributed by atoms with Crippen molar-refractivity contribution in [3.05, 3.63) is 46.8 Å². The molecule has 1 aromatic carbocycles.